The van der Waals surface area contributed by atoms with E-state index in [2.05, 4.69) is 25.6 Å². The van der Waals surface area contributed by atoms with Crippen LogP contribution in [0.5, 0.6) is 5.75 Å². The van der Waals surface area contributed by atoms with Gasteiger partial charge in [0, 0.05) is 31.0 Å². The van der Waals surface area contributed by atoms with E-state index in [0.717, 1.165) is 23.6 Å². The molecule has 0 radical (unpaired) electrons. The van der Waals surface area contributed by atoms with E-state index in [1.54, 1.807) is 18.6 Å². The number of nitrogens with zero attached hydrogens (tertiary/aromatic N) is 3. The van der Waals surface area contributed by atoms with E-state index in [4.69, 9.17) is 16.3 Å². The van der Waals surface area contributed by atoms with Crippen molar-refractivity contribution in [1.29, 1.82) is 0 Å². The van der Waals surface area contributed by atoms with Gasteiger partial charge in [-0.1, -0.05) is 0 Å². The summed E-state index contributed by atoms with van der Waals surface area (Å²) in [5, 5.41) is 7.57. The van der Waals surface area contributed by atoms with Crippen molar-refractivity contribution < 1.29 is 18.3 Å². The number of carbonyl (C=O) groups excluding carboxylic acids is 1. The number of amides is 1. The highest BCUT2D eigenvalue weighted by Crippen LogP contribution is 2.30. The molecule has 4 rings (SSSR count). The Labute approximate surface area is 188 Å². The topological polar surface area (TPSA) is 89.0 Å². The monoisotopic (exact) mass is 461 g/mol. The highest BCUT2D eigenvalue weighted by Gasteiger charge is 2.35. The molecule has 0 unspecified atom stereocenters. The van der Waals surface area contributed by atoms with Gasteiger partial charge in [0.2, 0.25) is 5.28 Å². The molecule has 1 amide bonds. The largest absolute Gasteiger partial charge is 0.490 e. The molecule has 2 aromatic heterocycles. The van der Waals surface area contributed by atoms with Gasteiger partial charge in [-0.2, -0.15) is 8.78 Å². The van der Waals surface area contributed by atoms with Gasteiger partial charge in [-0.15, -0.1) is 0 Å². The molecular weight excluding hydrogens is 440 g/mol. The molecule has 32 heavy (non-hydrogen) atoms. The number of halogens is 3. The lowest BCUT2D eigenvalue weighted by atomic mass is 9.92. The number of rotatable bonds is 6. The van der Waals surface area contributed by atoms with Crippen LogP contribution in [0.4, 0.5) is 20.3 Å². The number of hydrogen-bond donors (Lipinski definition) is 2. The molecule has 3 aromatic rings. The van der Waals surface area contributed by atoms with Gasteiger partial charge in [0.1, 0.15) is 17.7 Å². The lowest BCUT2D eigenvalue weighted by Crippen LogP contribution is -2.47. The molecule has 7 nitrogen and oxygen atoms in total. The Hall–Kier alpha value is -3.07. The van der Waals surface area contributed by atoms with Gasteiger partial charge < -0.3 is 15.4 Å². The Bertz CT molecular complexity index is 1110. The summed E-state index contributed by atoms with van der Waals surface area (Å²) in [7, 11) is 0. The minimum Gasteiger partial charge on any atom is -0.490 e. The maximum Gasteiger partial charge on any atom is 0.321 e. The predicted molar refractivity (Wildman–Crippen MR) is 118 cm³/mol. The highest BCUT2D eigenvalue weighted by molar-refractivity contribution is 6.28. The summed E-state index contributed by atoms with van der Waals surface area (Å²) in [5.74, 6) is -3.32. The summed E-state index contributed by atoms with van der Waals surface area (Å²) in [4.78, 5) is 23.9. The van der Waals surface area contributed by atoms with Crippen molar-refractivity contribution >= 4 is 39.8 Å². The van der Waals surface area contributed by atoms with Crippen LogP contribution in [0.1, 0.15) is 32.6 Å². The van der Waals surface area contributed by atoms with Crippen molar-refractivity contribution in [1.82, 2.24) is 20.3 Å². The van der Waals surface area contributed by atoms with E-state index in [9.17, 15) is 13.6 Å². The second kappa shape index (κ2) is 9.20. The van der Waals surface area contributed by atoms with Gasteiger partial charge in [-0.3, -0.25) is 4.79 Å². The molecule has 0 bridgehead atoms. The fraction of sp³-hybridized carbons (Fsp3) is 0.364. The average molecular weight is 462 g/mol. The summed E-state index contributed by atoms with van der Waals surface area (Å²) >= 11 is 5.73. The number of ether oxygens (including phenoxy) is 1. The van der Waals surface area contributed by atoms with E-state index in [1.165, 1.54) is 0 Å². The van der Waals surface area contributed by atoms with E-state index in [-0.39, 0.29) is 17.4 Å². The first-order valence-electron chi connectivity index (χ1n) is 10.3. The van der Waals surface area contributed by atoms with Crippen LogP contribution < -0.4 is 15.4 Å². The Morgan fingerprint density at radius 3 is 2.72 bits per heavy atom. The molecule has 0 spiro atoms. The van der Waals surface area contributed by atoms with E-state index in [0.29, 0.717) is 37.0 Å². The summed E-state index contributed by atoms with van der Waals surface area (Å²) < 4.78 is 32.5. The normalized spacial score (nSPS) is 18.9. The minimum absolute atomic E-state index is 0.163. The number of benzene rings is 1. The second-order valence-electron chi connectivity index (χ2n) is 7.87. The average Bonchev–Trinajstić information content (AvgIpc) is 2.75. The van der Waals surface area contributed by atoms with E-state index >= 15 is 0 Å². The highest BCUT2D eigenvalue weighted by atomic mass is 35.5. The van der Waals surface area contributed by atoms with Gasteiger partial charge >= 0.3 is 5.92 Å². The third-order valence-electron chi connectivity index (χ3n) is 5.28. The Morgan fingerprint density at radius 1 is 1.19 bits per heavy atom. The van der Waals surface area contributed by atoms with Crippen LogP contribution in [0.15, 0.2) is 42.9 Å². The van der Waals surface area contributed by atoms with E-state index in [1.807, 2.05) is 24.3 Å². The lowest BCUT2D eigenvalue weighted by molar-refractivity contribution is -0.144. The van der Waals surface area contributed by atoms with Crippen LogP contribution in [0.2, 0.25) is 5.28 Å². The van der Waals surface area contributed by atoms with Gasteiger partial charge in [0.15, 0.2) is 0 Å². The van der Waals surface area contributed by atoms with Crippen LogP contribution >= 0.6 is 11.6 Å². The first kappa shape index (κ1) is 22.1. The number of nitrogens with one attached hydrogen (secondary N) is 2. The second-order valence-corrected chi connectivity index (χ2v) is 8.21. The van der Waals surface area contributed by atoms with Crippen LogP contribution in [-0.2, 0) is 4.79 Å². The molecule has 1 aromatic carbocycles. The first-order valence-corrected chi connectivity index (χ1v) is 10.6. The molecule has 1 saturated carbocycles. The van der Waals surface area contributed by atoms with Crippen LogP contribution in [0, 0.1) is 0 Å². The van der Waals surface area contributed by atoms with Crippen LogP contribution in [0.3, 0.4) is 0 Å². The molecule has 2 N–H and O–H groups in total. The molecule has 0 saturated heterocycles. The molecule has 1 aliphatic carbocycles. The van der Waals surface area contributed by atoms with Crippen molar-refractivity contribution in [2.45, 2.75) is 50.7 Å². The fourth-order valence-corrected chi connectivity index (χ4v) is 3.83. The van der Waals surface area contributed by atoms with Crippen molar-refractivity contribution in [3.05, 3.63) is 48.1 Å². The number of anilines is 2. The number of alkyl halides is 2. The number of hydrogen-bond acceptors (Lipinski definition) is 6. The molecule has 2 atom stereocenters. The minimum atomic E-state index is -3.38. The van der Waals surface area contributed by atoms with Gasteiger partial charge in [0.25, 0.3) is 5.91 Å². The first-order chi connectivity index (χ1) is 15.3. The van der Waals surface area contributed by atoms with Gasteiger partial charge in [-0.25, -0.2) is 15.0 Å². The molecule has 1 fully saturated rings. The summed E-state index contributed by atoms with van der Waals surface area (Å²) in [6, 6.07) is 7.20. The van der Waals surface area contributed by atoms with Crippen molar-refractivity contribution in [2.24, 2.45) is 0 Å². The number of pyridine rings is 1. The zero-order valence-electron chi connectivity index (χ0n) is 17.3. The maximum atomic E-state index is 13.2. The van der Waals surface area contributed by atoms with Crippen molar-refractivity contribution in [3.63, 3.8) is 0 Å². The molecule has 2 heterocycles. The molecule has 0 aliphatic heterocycles. The van der Waals surface area contributed by atoms with E-state index < -0.39 is 11.8 Å². The Morgan fingerprint density at radius 2 is 1.97 bits per heavy atom. The van der Waals surface area contributed by atoms with Gasteiger partial charge in [0.05, 0.1) is 18.1 Å². The Kier molecular flexibility index (Phi) is 6.36. The van der Waals surface area contributed by atoms with Crippen molar-refractivity contribution in [3.8, 4) is 5.75 Å². The fourth-order valence-electron chi connectivity index (χ4n) is 3.73. The smallest absolute Gasteiger partial charge is 0.321 e. The third kappa shape index (κ3) is 5.40. The number of fused-ring (bicyclic) bond motifs is 1. The molecular formula is C22H22ClF2N5O2. The van der Waals surface area contributed by atoms with Gasteiger partial charge in [-0.05, 0) is 60.5 Å². The van der Waals surface area contributed by atoms with Crippen LogP contribution in [-0.4, -0.2) is 38.9 Å². The summed E-state index contributed by atoms with van der Waals surface area (Å²) in [6.45, 7) is 0.603. The Balaban J connectivity index is 1.45. The molecule has 1 aliphatic rings. The molecule has 10 heteroatoms. The summed E-state index contributed by atoms with van der Waals surface area (Å²) in [6.07, 6.45) is 7.39. The quantitative estimate of drug-likeness (QED) is 0.508. The number of aromatic nitrogens is 3. The zero-order valence-corrected chi connectivity index (χ0v) is 18.1. The molecule has 168 valence electrons. The van der Waals surface area contributed by atoms with Crippen LogP contribution in [0.25, 0.3) is 10.8 Å². The third-order valence-corrected chi connectivity index (χ3v) is 5.48. The van der Waals surface area contributed by atoms with Crippen molar-refractivity contribution in [2.75, 3.05) is 5.32 Å². The number of carbonyl (C=O) groups is 1. The summed E-state index contributed by atoms with van der Waals surface area (Å²) in [5.41, 5.74) is 0.655. The SMILES string of the molecule is CC(F)(F)C(=O)N[C@@H]1CCC[C@H](Oc2ccc3c(Nc4cnc(Cl)nc4)nccc3c2)C1. The lowest BCUT2D eigenvalue weighted by Gasteiger charge is -2.30. The zero-order chi connectivity index (χ0) is 22.7. The standard InChI is InChI=1S/C22H22ClF2N5O2/c1-22(24,25)20(31)30-14-3-2-4-16(10-14)32-17-5-6-18-13(9-17)7-8-26-19(18)29-15-11-27-21(23)28-12-15/h5-9,11-12,14,16H,2-4,10H2,1H3,(H,26,29)(H,30,31)/t14-,16+/m1/s1. The predicted octanol–water partition coefficient (Wildman–Crippen LogP) is 4.88. The maximum absolute atomic E-state index is 13.2.